The molecule has 220 valence electrons. The minimum atomic E-state index is -2.76. The number of aromatic nitrogens is 1. The van der Waals surface area contributed by atoms with E-state index in [0.29, 0.717) is 48.5 Å². The highest BCUT2D eigenvalue weighted by molar-refractivity contribution is 7.99. The van der Waals surface area contributed by atoms with Crippen LogP contribution < -0.4 is 10.2 Å². The molecule has 5 fully saturated rings. The molecule has 40 heavy (non-hydrogen) atoms. The monoisotopic (exact) mass is 577 g/mol. The number of alkyl halides is 2. The maximum absolute atomic E-state index is 13.8. The van der Waals surface area contributed by atoms with Crippen molar-refractivity contribution in [2.75, 3.05) is 18.0 Å². The number of hydrogen-bond donors (Lipinski definition) is 2. The molecule has 6 atom stereocenters. The normalized spacial score (nSPS) is 33.9. The van der Waals surface area contributed by atoms with E-state index in [1.165, 1.54) is 19.3 Å². The SMILES string of the molecule is O=C(O)C[C@@H]1CCN(c2ccc(C(=O)NC3CCC4CC5C[C@@](OC(F)F)(C4)CC53)c(SC3CCCCC3)n2)C1. The van der Waals surface area contributed by atoms with Crippen LogP contribution in [0.2, 0.25) is 0 Å². The van der Waals surface area contributed by atoms with E-state index in [1.807, 2.05) is 12.1 Å². The number of carbonyl (C=O) groups is 2. The summed E-state index contributed by atoms with van der Waals surface area (Å²) in [4.78, 5) is 32.2. The Bertz CT molecular complexity index is 1100. The Kier molecular flexibility index (Phi) is 8.28. The average Bonchev–Trinajstić information content (AvgIpc) is 3.44. The van der Waals surface area contributed by atoms with Gasteiger partial charge in [-0.2, -0.15) is 8.78 Å². The van der Waals surface area contributed by atoms with Crippen LogP contribution in [0.3, 0.4) is 0 Å². The molecule has 2 heterocycles. The number of hydrogen-bond acceptors (Lipinski definition) is 6. The molecule has 1 saturated heterocycles. The van der Waals surface area contributed by atoms with Gasteiger partial charge in [-0.15, -0.1) is 11.8 Å². The third-order valence-electron chi connectivity index (χ3n) is 10.2. The average molecular weight is 578 g/mol. The molecule has 4 saturated carbocycles. The smallest absolute Gasteiger partial charge is 0.345 e. The topological polar surface area (TPSA) is 91.8 Å². The second kappa shape index (κ2) is 11.7. The zero-order chi connectivity index (χ0) is 27.9. The lowest BCUT2D eigenvalue weighted by Gasteiger charge is -2.37. The van der Waals surface area contributed by atoms with Gasteiger partial charge in [0.1, 0.15) is 10.8 Å². The highest BCUT2D eigenvalue weighted by Gasteiger charge is 2.56. The zero-order valence-electron chi connectivity index (χ0n) is 23.0. The summed E-state index contributed by atoms with van der Waals surface area (Å²) in [6, 6.07) is 3.73. The molecular weight excluding hydrogens is 536 g/mol. The fraction of sp³-hybridized carbons (Fsp3) is 0.767. The summed E-state index contributed by atoms with van der Waals surface area (Å²) in [6.07, 6.45) is 11.7. The first kappa shape index (κ1) is 28.2. The maximum atomic E-state index is 13.8. The van der Waals surface area contributed by atoms with Gasteiger partial charge < -0.3 is 20.1 Å². The number of nitrogens with zero attached hydrogens (tertiary/aromatic N) is 2. The molecule has 0 spiro atoms. The van der Waals surface area contributed by atoms with Crippen LogP contribution in [0, 0.1) is 23.7 Å². The van der Waals surface area contributed by atoms with E-state index in [0.717, 1.165) is 55.9 Å². The number of carboxylic acids is 1. The van der Waals surface area contributed by atoms with Crippen molar-refractivity contribution in [2.45, 2.75) is 112 Å². The molecule has 0 aromatic carbocycles. The number of aliphatic carboxylic acids is 1. The van der Waals surface area contributed by atoms with E-state index in [9.17, 15) is 23.5 Å². The first-order chi connectivity index (χ1) is 19.3. The Hall–Kier alpha value is -1.94. The zero-order valence-corrected chi connectivity index (χ0v) is 23.8. The summed E-state index contributed by atoms with van der Waals surface area (Å²) >= 11 is 1.71. The molecule has 1 aromatic heterocycles. The number of thioether (sulfide) groups is 1. The van der Waals surface area contributed by atoms with E-state index >= 15 is 0 Å². The van der Waals surface area contributed by atoms with Gasteiger partial charge in [-0.25, -0.2) is 4.98 Å². The molecule has 7 nitrogen and oxygen atoms in total. The summed E-state index contributed by atoms with van der Waals surface area (Å²) < 4.78 is 31.8. The van der Waals surface area contributed by atoms with E-state index in [1.54, 1.807) is 11.8 Å². The Morgan fingerprint density at radius 3 is 2.73 bits per heavy atom. The molecule has 2 N–H and O–H groups in total. The van der Waals surface area contributed by atoms with Crippen molar-refractivity contribution in [3.05, 3.63) is 17.7 Å². The molecule has 3 bridgehead atoms. The minimum Gasteiger partial charge on any atom is -0.481 e. The number of halogens is 2. The molecule has 6 rings (SSSR count). The van der Waals surface area contributed by atoms with Crippen LogP contribution in [0.1, 0.15) is 93.8 Å². The first-order valence-electron chi connectivity index (χ1n) is 15.2. The molecule has 5 aliphatic rings. The largest absolute Gasteiger partial charge is 0.481 e. The summed E-state index contributed by atoms with van der Waals surface area (Å²) in [6.45, 7) is -1.34. The second-order valence-corrected chi connectivity index (χ2v) is 14.2. The van der Waals surface area contributed by atoms with Crippen molar-refractivity contribution < 1.29 is 28.2 Å². The molecule has 4 unspecified atom stereocenters. The molecule has 1 aromatic rings. The Balaban J connectivity index is 1.20. The Morgan fingerprint density at radius 2 is 1.95 bits per heavy atom. The van der Waals surface area contributed by atoms with Crippen molar-refractivity contribution in [1.82, 2.24) is 10.3 Å². The van der Waals surface area contributed by atoms with Crippen LogP contribution in [-0.2, 0) is 9.53 Å². The van der Waals surface area contributed by atoms with Crippen LogP contribution in [0.25, 0.3) is 0 Å². The Labute approximate surface area is 239 Å². The van der Waals surface area contributed by atoms with Crippen molar-refractivity contribution in [1.29, 1.82) is 0 Å². The third-order valence-corrected chi connectivity index (χ3v) is 11.5. The van der Waals surface area contributed by atoms with Crippen molar-refractivity contribution in [3.63, 3.8) is 0 Å². The van der Waals surface area contributed by atoms with E-state index in [4.69, 9.17) is 9.72 Å². The maximum Gasteiger partial charge on any atom is 0.345 e. The molecule has 1 amide bonds. The first-order valence-corrected chi connectivity index (χ1v) is 16.1. The van der Waals surface area contributed by atoms with Crippen LogP contribution >= 0.6 is 11.8 Å². The van der Waals surface area contributed by atoms with Crippen LogP contribution in [0.5, 0.6) is 0 Å². The lowest BCUT2D eigenvalue weighted by atomic mass is 9.77. The predicted octanol–water partition coefficient (Wildman–Crippen LogP) is 6.11. The van der Waals surface area contributed by atoms with Crippen LogP contribution in [0.4, 0.5) is 14.6 Å². The number of pyridine rings is 1. The van der Waals surface area contributed by atoms with E-state index in [2.05, 4.69) is 10.2 Å². The standard InChI is InChI=1S/C30H41F2N3O4S/c31-29(32)39-30-14-18-6-8-24(23(16-30)20(12-18)15-30)33-27(38)22-7-9-25(35-11-10-19(17-35)13-26(36)37)34-28(22)40-21-4-2-1-3-5-21/h7,9,18-21,23-24,29H,1-6,8,10-17H2,(H,33,38)(H,36,37)/t18?,19-,20?,23?,24?,30-/m0/s1. The number of carbonyl (C=O) groups excluding carboxylic acids is 1. The third kappa shape index (κ3) is 6.13. The molecule has 0 radical (unpaired) electrons. The lowest BCUT2D eigenvalue weighted by Crippen LogP contribution is -2.43. The molecule has 10 heteroatoms. The summed E-state index contributed by atoms with van der Waals surface area (Å²) in [5.74, 6) is 0.871. The van der Waals surface area contributed by atoms with Gasteiger partial charge in [0.15, 0.2) is 0 Å². The number of rotatable bonds is 9. The van der Waals surface area contributed by atoms with E-state index < -0.39 is 18.2 Å². The minimum absolute atomic E-state index is 0.0477. The van der Waals surface area contributed by atoms with Gasteiger partial charge in [0.2, 0.25) is 0 Å². The number of nitrogens with one attached hydrogen (secondary N) is 1. The number of ether oxygens (including phenoxy) is 1. The van der Waals surface area contributed by atoms with E-state index in [-0.39, 0.29) is 30.2 Å². The fourth-order valence-electron chi connectivity index (χ4n) is 8.51. The van der Waals surface area contributed by atoms with Crippen LogP contribution in [0.15, 0.2) is 17.2 Å². The number of carboxylic acid groups (broad SMARTS) is 1. The number of anilines is 1. The Morgan fingerprint density at radius 1 is 1.12 bits per heavy atom. The molecule has 1 aliphatic heterocycles. The molecular formula is C30H41F2N3O4S. The quantitative estimate of drug-likeness (QED) is 0.366. The predicted molar refractivity (Wildman–Crippen MR) is 149 cm³/mol. The fourth-order valence-corrected chi connectivity index (χ4v) is 9.83. The van der Waals surface area contributed by atoms with Gasteiger partial charge in [0, 0.05) is 30.8 Å². The van der Waals surface area contributed by atoms with Crippen molar-refractivity contribution >= 4 is 29.5 Å². The van der Waals surface area contributed by atoms with Gasteiger partial charge in [0.05, 0.1) is 11.2 Å². The van der Waals surface area contributed by atoms with Gasteiger partial charge in [-0.05, 0) is 93.6 Å². The summed E-state index contributed by atoms with van der Waals surface area (Å²) in [5, 5.41) is 13.7. The van der Waals surface area contributed by atoms with Crippen LogP contribution in [-0.4, -0.2) is 58.6 Å². The van der Waals surface area contributed by atoms with Gasteiger partial charge in [-0.1, -0.05) is 19.3 Å². The molecule has 4 aliphatic carbocycles. The number of amides is 1. The second-order valence-electron chi connectivity index (χ2n) is 13.0. The highest BCUT2D eigenvalue weighted by Crippen LogP contribution is 2.57. The summed E-state index contributed by atoms with van der Waals surface area (Å²) in [7, 11) is 0. The lowest BCUT2D eigenvalue weighted by molar-refractivity contribution is -0.219. The summed E-state index contributed by atoms with van der Waals surface area (Å²) in [5.41, 5.74) is -0.155. The number of fused-ring (bicyclic) bond motifs is 2. The highest BCUT2D eigenvalue weighted by atomic mass is 32.2. The van der Waals surface area contributed by atoms with Gasteiger partial charge in [-0.3, -0.25) is 9.59 Å². The van der Waals surface area contributed by atoms with Gasteiger partial charge >= 0.3 is 12.6 Å². The van der Waals surface area contributed by atoms with Crippen molar-refractivity contribution in [2.24, 2.45) is 23.7 Å². The van der Waals surface area contributed by atoms with Crippen molar-refractivity contribution in [3.8, 4) is 0 Å². The van der Waals surface area contributed by atoms with Gasteiger partial charge in [0.25, 0.3) is 5.91 Å².